The number of nitrogens with zero attached hydrogens (tertiary/aromatic N) is 4. The Morgan fingerprint density at radius 3 is 2.28 bits per heavy atom. The fraction of sp³-hybridized carbons (Fsp3) is 0.429. The molecule has 0 saturated carbocycles. The van der Waals surface area contributed by atoms with Crippen molar-refractivity contribution < 1.29 is 9.53 Å². The van der Waals surface area contributed by atoms with Crippen LogP contribution in [-0.4, -0.2) is 74.1 Å². The summed E-state index contributed by atoms with van der Waals surface area (Å²) in [7, 11) is 4.12. The molecule has 0 bridgehead atoms. The molecule has 1 aliphatic heterocycles. The van der Waals surface area contributed by atoms with Crippen molar-refractivity contribution in [1.82, 2.24) is 14.8 Å². The van der Waals surface area contributed by atoms with Crippen molar-refractivity contribution in [3.63, 3.8) is 0 Å². The highest BCUT2D eigenvalue weighted by atomic mass is 35.5. The predicted octanol–water partition coefficient (Wildman–Crippen LogP) is 3.68. The number of anilines is 1. The van der Waals surface area contributed by atoms with Crippen LogP contribution >= 0.6 is 23.2 Å². The first-order valence-corrected chi connectivity index (χ1v) is 10.4. The molecule has 1 aromatic carbocycles. The first-order chi connectivity index (χ1) is 13.9. The van der Waals surface area contributed by atoms with E-state index in [1.807, 2.05) is 17.0 Å². The van der Waals surface area contributed by atoms with Gasteiger partial charge in [0.2, 0.25) is 0 Å². The number of ether oxygens (including phenoxy) is 1. The Kier molecular flexibility index (Phi) is 7.58. The summed E-state index contributed by atoms with van der Waals surface area (Å²) in [5, 5.41) is 0.451. The molecular weight excluding hydrogens is 411 g/mol. The van der Waals surface area contributed by atoms with Gasteiger partial charge in [-0.15, -0.1) is 0 Å². The van der Waals surface area contributed by atoms with Gasteiger partial charge in [0.25, 0.3) is 5.91 Å². The second kappa shape index (κ2) is 10.1. The van der Waals surface area contributed by atoms with Gasteiger partial charge >= 0.3 is 0 Å². The average molecular weight is 437 g/mol. The van der Waals surface area contributed by atoms with Gasteiger partial charge in [-0.25, -0.2) is 4.98 Å². The fourth-order valence-electron chi connectivity index (χ4n) is 3.26. The zero-order valence-electron chi connectivity index (χ0n) is 16.8. The van der Waals surface area contributed by atoms with E-state index in [0.29, 0.717) is 25.3 Å². The van der Waals surface area contributed by atoms with E-state index in [4.69, 9.17) is 27.9 Å². The smallest absolute Gasteiger partial charge is 0.254 e. The number of halogens is 2. The number of hydrogen-bond donors (Lipinski definition) is 0. The SMILES string of the molecule is CN(C)CCCOc1ccc(N2CCN(C(=O)c3cc(Cl)nc(Cl)c3)CC2)cc1. The largest absolute Gasteiger partial charge is 0.494 e. The molecule has 0 unspecified atom stereocenters. The van der Waals surface area contributed by atoms with Crippen molar-refractivity contribution in [3.8, 4) is 5.75 Å². The summed E-state index contributed by atoms with van der Waals surface area (Å²) in [6, 6.07) is 11.3. The third kappa shape index (κ3) is 6.23. The number of piperazine rings is 1. The molecule has 0 aliphatic carbocycles. The molecule has 0 atom stereocenters. The fourth-order valence-corrected chi connectivity index (χ4v) is 3.72. The van der Waals surface area contributed by atoms with Crippen LogP contribution in [0.3, 0.4) is 0 Å². The lowest BCUT2D eigenvalue weighted by Crippen LogP contribution is -2.48. The van der Waals surface area contributed by atoms with Crippen LogP contribution in [-0.2, 0) is 0 Å². The number of rotatable bonds is 7. The molecule has 8 heteroatoms. The summed E-state index contributed by atoms with van der Waals surface area (Å²) in [5.41, 5.74) is 1.60. The molecule has 29 heavy (non-hydrogen) atoms. The van der Waals surface area contributed by atoms with Crippen LogP contribution in [0.5, 0.6) is 5.75 Å². The van der Waals surface area contributed by atoms with Crippen molar-refractivity contribution in [2.24, 2.45) is 0 Å². The van der Waals surface area contributed by atoms with Gasteiger partial charge in [0, 0.05) is 44.0 Å². The van der Waals surface area contributed by atoms with Gasteiger partial charge in [0.05, 0.1) is 6.61 Å². The number of pyridine rings is 1. The summed E-state index contributed by atoms with van der Waals surface area (Å²) in [5.74, 6) is 0.810. The van der Waals surface area contributed by atoms with Gasteiger partial charge in [0.15, 0.2) is 0 Å². The van der Waals surface area contributed by atoms with Crippen LogP contribution in [0, 0.1) is 0 Å². The molecule has 3 rings (SSSR count). The van der Waals surface area contributed by atoms with Crippen LogP contribution in [0.4, 0.5) is 5.69 Å². The lowest BCUT2D eigenvalue weighted by atomic mass is 10.2. The van der Waals surface area contributed by atoms with Crippen LogP contribution < -0.4 is 9.64 Å². The summed E-state index contributed by atoms with van der Waals surface area (Å²) < 4.78 is 5.79. The van der Waals surface area contributed by atoms with E-state index in [2.05, 4.69) is 41.0 Å². The molecule has 1 saturated heterocycles. The third-order valence-corrected chi connectivity index (χ3v) is 5.18. The molecule has 2 heterocycles. The molecule has 1 fully saturated rings. The zero-order chi connectivity index (χ0) is 20.8. The summed E-state index contributed by atoms with van der Waals surface area (Å²) >= 11 is 11.8. The van der Waals surface area contributed by atoms with Gasteiger partial charge < -0.3 is 19.4 Å². The molecule has 1 aromatic heterocycles. The van der Waals surface area contributed by atoms with Crippen molar-refractivity contribution in [1.29, 1.82) is 0 Å². The van der Waals surface area contributed by atoms with Crippen molar-refractivity contribution in [3.05, 3.63) is 52.3 Å². The van der Waals surface area contributed by atoms with Crippen molar-refractivity contribution in [2.75, 3.05) is 58.3 Å². The standard InChI is InChI=1S/C21H26Cl2N4O2/c1-25(2)8-3-13-29-18-6-4-17(5-7-18)26-9-11-27(12-10-26)21(28)16-14-19(22)24-20(23)15-16/h4-7,14-15H,3,8-13H2,1-2H3. The first-order valence-electron chi connectivity index (χ1n) is 9.67. The Morgan fingerprint density at radius 1 is 1.07 bits per heavy atom. The molecule has 0 radical (unpaired) electrons. The van der Waals surface area contributed by atoms with Crippen LogP contribution in [0.25, 0.3) is 0 Å². The second-order valence-electron chi connectivity index (χ2n) is 7.28. The van der Waals surface area contributed by atoms with Crippen LogP contribution in [0.15, 0.2) is 36.4 Å². The van der Waals surface area contributed by atoms with Crippen LogP contribution in [0.2, 0.25) is 10.3 Å². The van der Waals surface area contributed by atoms with Gasteiger partial charge in [-0.3, -0.25) is 4.79 Å². The first kappa shape index (κ1) is 21.7. The number of amides is 1. The number of hydrogen-bond acceptors (Lipinski definition) is 5. The minimum Gasteiger partial charge on any atom is -0.494 e. The molecule has 0 spiro atoms. The van der Waals surface area contributed by atoms with E-state index < -0.39 is 0 Å². The normalized spacial score (nSPS) is 14.4. The maximum absolute atomic E-state index is 12.7. The third-order valence-electron chi connectivity index (χ3n) is 4.80. The van der Waals surface area contributed by atoms with Crippen molar-refractivity contribution in [2.45, 2.75) is 6.42 Å². The Hall–Kier alpha value is -2.02. The van der Waals surface area contributed by atoms with Gasteiger partial charge in [-0.05, 0) is 56.9 Å². The number of aromatic nitrogens is 1. The van der Waals surface area contributed by atoms with Crippen molar-refractivity contribution >= 4 is 34.8 Å². The highest BCUT2D eigenvalue weighted by molar-refractivity contribution is 6.33. The van der Waals surface area contributed by atoms with Gasteiger partial charge in [0.1, 0.15) is 16.1 Å². The predicted molar refractivity (Wildman–Crippen MR) is 117 cm³/mol. The zero-order valence-corrected chi connectivity index (χ0v) is 18.3. The number of carbonyl (C=O) groups excluding carboxylic acids is 1. The Labute approximate surface area is 182 Å². The molecule has 2 aromatic rings. The Balaban J connectivity index is 1.50. The minimum absolute atomic E-state index is 0.0719. The lowest BCUT2D eigenvalue weighted by molar-refractivity contribution is 0.0746. The summed E-state index contributed by atoms with van der Waals surface area (Å²) in [6.07, 6.45) is 0.999. The van der Waals surface area contributed by atoms with E-state index in [9.17, 15) is 4.79 Å². The highest BCUT2D eigenvalue weighted by Gasteiger charge is 2.23. The molecule has 1 amide bonds. The monoisotopic (exact) mass is 436 g/mol. The maximum atomic E-state index is 12.7. The van der Waals surface area contributed by atoms with E-state index in [0.717, 1.165) is 37.5 Å². The topological polar surface area (TPSA) is 48.9 Å². The Bertz CT molecular complexity index is 802. The molecular formula is C21H26Cl2N4O2. The average Bonchev–Trinajstić information content (AvgIpc) is 2.70. The molecule has 1 aliphatic rings. The van der Waals surface area contributed by atoms with Crippen LogP contribution in [0.1, 0.15) is 16.8 Å². The minimum atomic E-state index is -0.0719. The summed E-state index contributed by atoms with van der Waals surface area (Å²) in [6.45, 7) is 4.53. The quantitative estimate of drug-likeness (QED) is 0.489. The second-order valence-corrected chi connectivity index (χ2v) is 8.05. The van der Waals surface area contributed by atoms with E-state index in [1.165, 1.54) is 0 Å². The maximum Gasteiger partial charge on any atom is 0.254 e. The number of benzene rings is 1. The summed E-state index contributed by atoms with van der Waals surface area (Å²) in [4.78, 5) is 22.8. The lowest BCUT2D eigenvalue weighted by Gasteiger charge is -2.36. The van der Waals surface area contributed by atoms with E-state index >= 15 is 0 Å². The molecule has 0 N–H and O–H groups in total. The van der Waals surface area contributed by atoms with E-state index in [-0.39, 0.29) is 16.2 Å². The van der Waals surface area contributed by atoms with E-state index in [1.54, 1.807) is 12.1 Å². The number of carbonyl (C=O) groups is 1. The molecule has 156 valence electrons. The Morgan fingerprint density at radius 2 is 1.69 bits per heavy atom. The highest BCUT2D eigenvalue weighted by Crippen LogP contribution is 2.22. The molecule has 6 nitrogen and oxygen atoms in total. The van der Waals surface area contributed by atoms with Gasteiger partial charge in [-0.2, -0.15) is 0 Å². The van der Waals surface area contributed by atoms with Gasteiger partial charge in [-0.1, -0.05) is 23.2 Å².